The van der Waals surface area contributed by atoms with Gasteiger partial charge in [0.1, 0.15) is 5.75 Å². The van der Waals surface area contributed by atoms with Crippen molar-refractivity contribution in [1.29, 1.82) is 0 Å². The van der Waals surface area contributed by atoms with Gasteiger partial charge in [0, 0.05) is 10.6 Å². The third-order valence-corrected chi connectivity index (χ3v) is 6.96. The fourth-order valence-electron chi connectivity index (χ4n) is 5.02. The Morgan fingerprint density at radius 3 is 1.76 bits per heavy atom. The average molecular weight is 461 g/mol. The van der Waals surface area contributed by atoms with E-state index in [1.807, 2.05) is 18.2 Å². The molecule has 0 atom stereocenters. The van der Waals surface area contributed by atoms with E-state index in [9.17, 15) is 0 Å². The van der Waals surface area contributed by atoms with E-state index in [1.54, 1.807) is 7.11 Å². The largest absolute Gasteiger partial charge is 0.496 e. The number of hydrogen-bond donors (Lipinski definition) is 0. The summed E-state index contributed by atoms with van der Waals surface area (Å²) in [5.41, 5.74) is 8.74. The molecule has 0 amide bonds. The minimum atomic E-state index is 0.133. The van der Waals surface area contributed by atoms with Gasteiger partial charge >= 0.3 is 0 Å². The Morgan fingerprint density at radius 1 is 0.588 bits per heavy atom. The number of hydrogen-bond acceptors (Lipinski definition) is 1. The predicted octanol–water partition coefficient (Wildman–Crippen LogP) is 6.30. The zero-order valence-corrected chi connectivity index (χ0v) is 20.4. The molecule has 0 heterocycles. The lowest BCUT2D eigenvalue weighted by Crippen LogP contribution is -2.54. The van der Waals surface area contributed by atoms with Gasteiger partial charge in [-0.25, -0.2) is 0 Å². The van der Waals surface area contributed by atoms with Gasteiger partial charge in [0.15, 0.2) is 0 Å². The Labute approximate surface area is 207 Å². The maximum absolute atomic E-state index is 6.25. The van der Waals surface area contributed by atoms with Crippen molar-refractivity contribution in [3.8, 4) is 16.9 Å². The van der Waals surface area contributed by atoms with E-state index in [2.05, 4.69) is 98.8 Å². The van der Waals surface area contributed by atoms with E-state index < -0.39 is 0 Å². The van der Waals surface area contributed by atoms with Crippen molar-refractivity contribution in [2.24, 2.45) is 0 Å². The number of halogens is 1. The minimum Gasteiger partial charge on any atom is -0.496 e. The highest BCUT2D eigenvalue weighted by atomic mass is 35.5. The van der Waals surface area contributed by atoms with Crippen LogP contribution in [0.25, 0.3) is 21.9 Å². The zero-order valence-electron chi connectivity index (χ0n) is 19.7. The van der Waals surface area contributed by atoms with Gasteiger partial charge in [0.25, 0.3) is 0 Å². The summed E-state index contributed by atoms with van der Waals surface area (Å²) in [6, 6.07) is 36.5. The van der Waals surface area contributed by atoms with Crippen LogP contribution < -0.4 is 21.1 Å². The first-order chi connectivity index (χ1) is 16.6. The summed E-state index contributed by atoms with van der Waals surface area (Å²) < 4.78 is 5.69. The second-order valence-corrected chi connectivity index (χ2v) is 9.18. The van der Waals surface area contributed by atoms with Gasteiger partial charge in [-0.3, -0.25) is 0 Å². The van der Waals surface area contributed by atoms with Gasteiger partial charge in [-0.15, -0.1) is 0 Å². The highest BCUT2D eigenvalue weighted by molar-refractivity contribution is 6.97. The average Bonchev–Trinajstić information content (AvgIpc) is 2.86. The van der Waals surface area contributed by atoms with Crippen LogP contribution in [0.2, 0.25) is 5.02 Å². The van der Waals surface area contributed by atoms with Crippen molar-refractivity contribution in [3.63, 3.8) is 0 Å². The first-order valence-corrected chi connectivity index (χ1v) is 11.9. The van der Waals surface area contributed by atoms with Crippen LogP contribution in [0, 0.1) is 13.8 Å². The molecule has 0 bridgehead atoms. The smallest absolute Gasteiger partial charge is 0.242 e. The molecule has 166 valence electrons. The molecule has 5 aromatic carbocycles. The van der Waals surface area contributed by atoms with Gasteiger partial charge < -0.3 is 4.74 Å². The van der Waals surface area contributed by atoms with E-state index in [1.165, 1.54) is 38.3 Å². The molecule has 0 unspecified atom stereocenters. The summed E-state index contributed by atoms with van der Waals surface area (Å²) in [6.45, 7) is 4.54. The molecular weight excluding hydrogens is 435 g/mol. The topological polar surface area (TPSA) is 9.23 Å². The van der Waals surface area contributed by atoms with Crippen molar-refractivity contribution >= 4 is 45.5 Å². The van der Waals surface area contributed by atoms with Crippen molar-refractivity contribution in [2.75, 3.05) is 7.11 Å². The van der Waals surface area contributed by atoms with Crippen LogP contribution in [0.3, 0.4) is 0 Å². The fourth-order valence-corrected chi connectivity index (χ4v) is 5.18. The van der Waals surface area contributed by atoms with Crippen LogP contribution in [-0.2, 0) is 0 Å². The lowest BCUT2D eigenvalue weighted by atomic mass is 9.35. The molecule has 0 aliphatic heterocycles. The monoisotopic (exact) mass is 460 g/mol. The lowest BCUT2D eigenvalue weighted by molar-refractivity contribution is 0.416. The molecule has 0 saturated carbocycles. The van der Waals surface area contributed by atoms with E-state index in [0.717, 1.165) is 16.9 Å². The zero-order chi connectivity index (χ0) is 23.7. The number of fused-ring (bicyclic) bond motifs is 1. The van der Waals surface area contributed by atoms with E-state index in [4.69, 9.17) is 16.3 Å². The van der Waals surface area contributed by atoms with E-state index in [0.29, 0.717) is 5.02 Å². The van der Waals surface area contributed by atoms with Gasteiger partial charge in [-0.2, -0.15) is 0 Å². The molecular formula is C31H26BClO. The molecule has 3 heteroatoms. The number of methoxy groups -OCH3 is 1. The second kappa shape index (κ2) is 9.40. The summed E-state index contributed by atoms with van der Waals surface area (Å²) in [5, 5.41) is 3.11. The van der Waals surface area contributed by atoms with Gasteiger partial charge in [-0.05, 0) is 48.4 Å². The molecule has 1 nitrogen and oxygen atoms in total. The van der Waals surface area contributed by atoms with Crippen LogP contribution in [-0.4, -0.2) is 13.8 Å². The van der Waals surface area contributed by atoms with Gasteiger partial charge in [-0.1, -0.05) is 124 Å². The number of ether oxygens (including phenoxy) is 1. The molecule has 0 aromatic heterocycles. The molecule has 0 saturated heterocycles. The maximum atomic E-state index is 6.25. The number of rotatable bonds is 5. The van der Waals surface area contributed by atoms with E-state index in [-0.39, 0.29) is 6.71 Å². The Hall–Kier alpha value is -3.49. The standard InChI is InChI=1S/C31H26BClO/c1-21-10-4-8-14-28(21)32(29-15-9-5-11-22(29)2)30-19-18-25(24-12-6-7-13-26(24)30)27-17-16-23(33)20-31(27)34-3/h4-20H,1-3H3. The summed E-state index contributed by atoms with van der Waals surface area (Å²) in [7, 11) is 1.69. The summed E-state index contributed by atoms with van der Waals surface area (Å²) in [5.74, 6) is 0.778. The molecule has 0 spiro atoms. The lowest BCUT2D eigenvalue weighted by Gasteiger charge is -2.22. The van der Waals surface area contributed by atoms with Crippen molar-refractivity contribution in [2.45, 2.75) is 13.8 Å². The molecule has 0 aliphatic carbocycles. The first-order valence-electron chi connectivity index (χ1n) is 11.5. The van der Waals surface area contributed by atoms with Gasteiger partial charge in [0.05, 0.1) is 7.11 Å². The molecule has 0 fully saturated rings. The fraction of sp³-hybridized carbons (Fsp3) is 0.0968. The molecule has 5 aromatic rings. The highest BCUT2D eigenvalue weighted by Crippen LogP contribution is 2.36. The third-order valence-electron chi connectivity index (χ3n) is 6.72. The highest BCUT2D eigenvalue weighted by Gasteiger charge is 2.27. The van der Waals surface area contributed by atoms with Crippen LogP contribution in [0.1, 0.15) is 11.1 Å². The van der Waals surface area contributed by atoms with Crippen molar-refractivity contribution in [1.82, 2.24) is 0 Å². The molecule has 0 radical (unpaired) electrons. The minimum absolute atomic E-state index is 0.133. The van der Waals surface area contributed by atoms with Crippen LogP contribution in [0.15, 0.2) is 103 Å². The van der Waals surface area contributed by atoms with Crippen molar-refractivity contribution in [3.05, 3.63) is 119 Å². The number of benzene rings is 5. The quantitative estimate of drug-likeness (QED) is 0.280. The Balaban J connectivity index is 1.81. The third kappa shape index (κ3) is 3.99. The molecule has 0 N–H and O–H groups in total. The Bertz CT molecular complexity index is 1450. The Kier molecular flexibility index (Phi) is 6.17. The molecule has 34 heavy (non-hydrogen) atoms. The first kappa shape index (κ1) is 22.3. The maximum Gasteiger partial charge on any atom is 0.242 e. The summed E-state index contributed by atoms with van der Waals surface area (Å²) in [4.78, 5) is 0. The van der Waals surface area contributed by atoms with Crippen LogP contribution >= 0.6 is 11.6 Å². The summed E-state index contributed by atoms with van der Waals surface area (Å²) in [6.07, 6.45) is 0. The Morgan fingerprint density at radius 2 is 1.15 bits per heavy atom. The van der Waals surface area contributed by atoms with Gasteiger partial charge in [0.2, 0.25) is 6.71 Å². The molecule has 5 rings (SSSR count). The molecule has 0 aliphatic rings. The normalized spacial score (nSPS) is 10.9. The SMILES string of the molecule is COc1cc(Cl)ccc1-c1ccc(B(c2ccccc2C)c2ccccc2C)c2ccccc12. The van der Waals surface area contributed by atoms with Crippen molar-refractivity contribution < 1.29 is 4.74 Å². The summed E-state index contributed by atoms with van der Waals surface area (Å²) >= 11 is 6.25. The predicted molar refractivity (Wildman–Crippen MR) is 148 cm³/mol. The van der Waals surface area contributed by atoms with Crippen LogP contribution in [0.5, 0.6) is 5.75 Å². The van der Waals surface area contributed by atoms with Crippen LogP contribution in [0.4, 0.5) is 0 Å². The van der Waals surface area contributed by atoms with E-state index >= 15 is 0 Å². The number of aryl methyl sites for hydroxylation is 2. The second-order valence-electron chi connectivity index (χ2n) is 8.74.